The number of aromatic nitrogens is 1. The summed E-state index contributed by atoms with van der Waals surface area (Å²) in [5.74, 6) is -3.14. The van der Waals surface area contributed by atoms with Crippen LogP contribution in [0.3, 0.4) is 0 Å². The maximum atomic E-state index is 13.9. The molecule has 1 aliphatic heterocycles. The van der Waals surface area contributed by atoms with Gasteiger partial charge in [0.25, 0.3) is 5.91 Å². The predicted octanol–water partition coefficient (Wildman–Crippen LogP) is 5.14. The van der Waals surface area contributed by atoms with Gasteiger partial charge in [-0.3, -0.25) is 28.9 Å². The molecule has 0 bridgehead atoms. The van der Waals surface area contributed by atoms with Crippen LogP contribution < -0.4 is 16.0 Å². The molecule has 13 heteroatoms. The lowest BCUT2D eigenvalue weighted by Gasteiger charge is -2.34. The average molecular weight is 728 g/mol. The van der Waals surface area contributed by atoms with Gasteiger partial charge in [0, 0.05) is 30.3 Å². The van der Waals surface area contributed by atoms with Crippen molar-refractivity contribution < 1.29 is 33.8 Å². The minimum atomic E-state index is -0.944. The van der Waals surface area contributed by atoms with E-state index >= 15 is 0 Å². The van der Waals surface area contributed by atoms with E-state index in [9.17, 15) is 29.1 Å². The molecule has 51 heavy (non-hydrogen) atoms. The number of hydrogen-bond acceptors (Lipinski definition) is 9. The Labute approximate surface area is 306 Å². The van der Waals surface area contributed by atoms with Crippen LogP contribution in [0.1, 0.15) is 114 Å². The zero-order valence-corrected chi connectivity index (χ0v) is 32.0. The Hall–Kier alpha value is -3.84. The number of nitrogens with one attached hydrogen (secondary N) is 3. The highest BCUT2D eigenvalue weighted by Gasteiger charge is 2.35. The number of likely N-dealkylation sites (N-methyl/N-ethyl adjacent to an activating group) is 1. The number of carbonyl (C=O) groups is 5. The van der Waals surface area contributed by atoms with Crippen LogP contribution in [0, 0.1) is 17.8 Å². The van der Waals surface area contributed by atoms with Crippen molar-refractivity contribution >= 4 is 41.0 Å². The van der Waals surface area contributed by atoms with E-state index in [2.05, 4.69) is 20.9 Å². The van der Waals surface area contributed by atoms with Crippen LogP contribution in [0.2, 0.25) is 0 Å². The second-order valence-electron chi connectivity index (χ2n) is 14.2. The van der Waals surface area contributed by atoms with Crippen molar-refractivity contribution in [2.45, 2.75) is 123 Å². The van der Waals surface area contributed by atoms with Gasteiger partial charge in [-0.05, 0) is 56.7 Å². The zero-order chi connectivity index (χ0) is 37.7. The number of benzene rings is 1. The van der Waals surface area contributed by atoms with E-state index < -0.39 is 48.0 Å². The number of thiazole rings is 1. The van der Waals surface area contributed by atoms with Gasteiger partial charge in [0.15, 0.2) is 6.10 Å². The van der Waals surface area contributed by atoms with Crippen LogP contribution in [0.15, 0.2) is 35.7 Å². The molecule has 1 fully saturated rings. The number of aliphatic carboxylic acids is 1. The summed E-state index contributed by atoms with van der Waals surface area (Å²) in [4.78, 5) is 71.5. The smallest absolute Gasteiger partial charge is 0.306 e. The fourth-order valence-electron chi connectivity index (χ4n) is 6.22. The molecule has 0 radical (unpaired) electrons. The number of piperidine rings is 1. The molecule has 4 N–H and O–H groups in total. The van der Waals surface area contributed by atoms with Crippen LogP contribution in [-0.4, -0.2) is 82.4 Å². The van der Waals surface area contributed by atoms with E-state index in [1.165, 1.54) is 11.3 Å². The van der Waals surface area contributed by atoms with E-state index in [1.54, 1.807) is 19.2 Å². The van der Waals surface area contributed by atoms with Gasteiger partial charge in [0.05, 0.1) is 12.0 Å². The normalized spacial score (nSPS) is 18.5. The molecule has 282 valence electrons. The summed E-state index contributed by atoms with van der Waals surface area (Å²) in [6.07, 6.45) is 3.63. The first kappa shape index (κ1) is 41.6. The van der Waals surface area contributed by atoms with Gasteiger partial charge >= 0.3 is 11.9 Å². The number of esters is 1. The van der Waals surface area contributed by atoms with Gasteiger partial charge in [-0.1, -0.05) is 84.7 Å². The third-order valence-corrected chi connectivity index (χ3v) is 10.7. The Bertz CT molecular complexity index is 1450. The van der Waals surface area contributed by atoms with Crippen molar-refractivity contribution in [3.8, 4) is 0 Å². The van der Waals surface area contributed by atoms with Gasteiger partial charge < -0.3 is 25.8 Å². The summed E-state index contributed by atoms with van der Waals surface area (Å²) in [5, 5.41) is 20.7. The first-order chi connectivity index (χ1) is 24.2. The standard InChI is InChI=1S/C38H57N5O7S/c1-8-24(5)33(42-35(46)30-17-13-14-18-43(30)7)36(47)40-28(23(3)4)21-31(50-32(44)9-2)37-41-29(22-51-37)34(45)39-27(19-25(6)38(48)49)20-26-15-11-10-12-16-26/h10-12,15-16,22-25,27-28,30-31,33H,8-9,13-14,17-21H2,1-7H3,(H,39,45)(H,40,47)(H,42,46)(H,48,49)/t24-,25-,27+,28+,30+,31+,33-/m0/s1. The van der Waals surface area contributed by atoms with Crippen LogP contribution in [0.5, 0.6) is 0 Å². The summed E-state index contributed by atoms with van der Waals surface area (Å²) in [5.41, 5.74) is 1.09. The van der Waals surface area contributed by atoms with Gasteiger partial charge in [-0.15, -0.1) is 11.3 Å². The molecule has 0 spiro atoms. The Balaban J connectivity index is 1.79. The second-order valence-corrected chi connectivity index (χ2v) is 15.1. The number of amides is 3. The van der Waals surface area contributed by atoms with Crippen LogP contribution in [-0.2, 0) is 30.3 Å². The molecule has 12 nitrogen and oxygen atoms in total. The topological polar surface area (TPSA) is 167 Å². The SMILES string of the molecule is CCC(=O)O[C@H](C[C@@H](NC(=O)[C@@H](NC(=O)[C@H]1CCCCN1C)[C@@H](C)CC)C(C)C)c1nc(C(=O)N[C@@H](Cc2ccccc2)C[C@H](C)C(=O)O)cs1. The van der Waals surface area contributed by atoms with E-state index in [0.717, 1.165) is 31.4 Å². The Kier molecular flexibility index (Phi) is 16.5. The molecule has 3 rings (SSSR count). The average Bonchev–Trinajstić information content (AvgIpc) is 3.60. The molecule has 0 unspecified atom stereocenters. The minimum Gasteiger partial charge on any atom is -0.481 e. The lowest BCUT2D eigenvalue weighted by molar-refractivity contribution is -0.150. The van der Waals surface area contributed by atoms with Gasteiger partial charge in [-0.2, -0.15) is 0 Å². The van der Waals surface area contributed by atoms with E-state index in [0.29, 0.717) is 17.8 Å². The lowest BCUT2D eigenvalue weighted by Crippen LogP contribution is -2.57. The van der Waals surface area contributed by atoms with Gasteiger partial charge in [0.1, 0.15) is 16.7 Å². The quantitative estimate of drug-likeness (QED) is 0.143. The molecule has 2 aromatic rings. The summed E-state index contributed by atoms with van der Waals surface area (Å²) in [6, 6.07) is 7.62. The largest absolute Gasteiger partial charge is 0.481 e. The second kappa shape index (κ2) is 20.3. The third kappa shape index (κ3) is 12.7. The van der Waals surface area contributed by atoms with Crippen molar-refractivity contribution in [2.24, 2.45) is 17.8 Å². The highest BCUT2D eigenvalue weighted by atomic mass is 32.1. The van der Waals surface area contributed by atoms with Gasteiger partial charge in [-0.25, -0.2) is 4.98 Å². The summed E-state index contributed by atoms with van der Waals surface area (Å²) in [7, 11) is 1.94. The predicted molar refractivity (Wildman–Crippen MR) is 197 cm³/mol. The number of carboxylic acid groups (broad SMARTS) is 1. The van der Waals surface area contributed by atoms with Gasteiger partial charge in [0.2, 0.25) is 11.8 Å². The third-order valence-electron chi connectivity index (χ3n) is 9.78. The number of likely N-dealkylation sites (tertiary alicyclic amines) is 1. The van der Waals surface area contributed by atoms with Crippen molar-refractivity contribution in [1.29, 1.82) is 0 Å². The Morgan fingerprint density at radius 2 is 1.71 bits per heavy atom. The molecule has 1 aromatic carbocycles. The maximum absolute atomic E-state index is 13.9. The number of rotatable bonds is 19. The van der Waals surface area contributed by atoms with Crippen molar-refractivity contribution in [2.75, 3.05) is 13.6 Å². The lowest BCUT2D eigenvalue weighted by atomic mass is 9.94. The molecule has 2 heterocycles. The van der Waals surface area contributed by atoms with Crippen LogP contribution >= 0.6 is 11.3 Å². The first-order valence-corrected chi connectivity index (χ1v) is 19.1. The molecule has 3 amide bonds. The van der Waals surface area contributed by atoms with Crippen molar-refractivity contribution in [3.05, 3.63) is 52.0 Å². The van der Waals surface area contributed by atoms with Crippen LogP contribution in [0.4, 0.5) is 0 Å². The van der Waals surface area contributed by atoms with Crippen LogP contribution in [0.25, 0.3) is 0 Å². The molecular formula is C38H57N5O7S. The Morgan fingerprint density at radius 3 is 2.31 bits per heavy atom. The molecular weight excluding hydrogens is 671 g/mol. The monoisotopic (exact) mass is 727 g/mol. The summed E-state index contributed by atoms with van der Waals surface area (Å²) in [6.45, 7) is 12.0. The number of hydrogen-bond donors (Lipinski definition) is 4. The molecule has 1 aromatic heterocycles. The molecule has 1 saturated heterocycles. The highest BCUT2D eigenvalue weighted by molar-refractivity contribution is 7.09. The number of ether oxygens (including phenoxy) is 1. The van der Waals surface area contributed by atoms with E-state index in [4.69, 9.17) is 4.74 Å². The fraction of sp³-hybridized carbons (Fsp3) is 0.632. The zero-order valence-electron chi connectivity index (χ0n) is 31.1. The van der Waals surface area contributed by atoms with Crippen molar-refractivity contribution in [1.82, 2.24) is 25.8 Å². The highest BCUT2D eigenvalue weighted by Crippen LogP contribution is 2.29. The minimum absolute atomic E-state index is 0.0627. The summed E-state index contributed by atoms with van der Waals surface area (Å²) >= 11 is 1.18. The van der Waals surface area contributed by atoms with Crippen molar-refractivity contribution in [3.63, 3.8) is 0 Å². The fourth-order valence-corrected chi connectivity index (χ4v) is 7.06. The molecule has 0 aliphatic carbocycles. The molecule has 0 saturated carbocycles. The Morgan fingerprint density at radius 1 is 1.00 bits per heavy atom. The number of carboxylic acids is 1. The summed E-state index contributed by atoms with van der Waals surface area (Å²) < 4.78 is 5.85. The number of nitrogens with zero attached hydrogens (tertiary/aromatic N) is 2. The first-order valence-electron chi connectivity index (χ1n) is 18.3. The van der Waals surface area contributed by atoms with E-state index in [-0.39, 0.29) is 54.6 Å². The molecule has 7 atom stereocenters. The molecule has 1 aliphatic rings. The number of carbonyl (C=O) groups excluding carboxylic acids is 4. The maximum Gasteiger partial charge on any atom is 0.306 e. The van der Waals surface area contributed by atoms with E-state index in [1.807, 2.05) is 70.0 Å².